The van der Waals surface area contributed by atoms with Crippen LogP contribution in [0.5, 0.6) is 5.75 Å². The van der Waals surface area contributed by atoms with Gasteiger partial charge < -0.3 is 4.74 Å². The maximum absolute atomic E-state index is 5.47. The molecule has 0 aliphatic carbocycles. The van der Waals surface area contributed by atoms with E-state index < -0.39 is 0 Å². The van der Waals surface area contributed by atoms with E-state index in [1.165, 1.54) is 0 Å². The van der Waals surface area contributed by atoms with Crippen LogP contribution in [0.1, 0.15) is 33.5 Å². The Balaban J connectivity index is 2.79. The first-order valence-electron chi connectivity index (χ1n) is 4.64. The van der Waals surface area contributed by atoms with E-state index in [-0.39, 0.29) is 11.6 Å². The Morgan fingerprint density at radius 2 is 1.79 bits per heavy atom. The fourth-order valence-electron chi connectivity index (χ4n) is 0.979. The summed E-state index contributed by atoms with van der Waals surface area (Å²) in [5.41, 5.74) is 5.44. The molecule has 0 aromatic carbocycles. The molecule has 78 valence electrons. The van der Waals surface area contributed by atoms with Crippen LogP contribution in [0.2, 0.25) is 0 Å². The quantitative estimate of drug-likeness (QED) is 0.726. The molecule has 4 nitrogen and oxygen atoms in total. The summed E-state index contributed by atoms with van der Waals surface area (Å²) < 4.78 is 5.23. The van der Waals surface area contributed by atoms with Crippen molar-refractivity contribution in [1.29, 1.82) is 0 Å². The number of ether oxygens (including phenoxy) is 1. The van der Waals surface area contributed by atoms with Gasteiger partial charge in [0.05, 0.1) is 12.4 Å². The van der Waals surface area contributed by atoms with E-state index in [4.69, 9.17) is 10.5 Å². The molecule has 1 aromatic rings. The van der Waals surface area contributed by atoms with Gasteiger partial charge in [0.1, 0.15) is 12.1 Å². The third-order valence-electron chi connectivity index (χ3n) is 1.62. The van der Waals surface area contributed by atoms with E-state index in [1.807, 2.05) is 0 Å². The highest BCUT2D eigenvalue weighted by molar-refractivity contribution is 5.15. The number of hydrogen-bond acceptors (Lipinski definition) is 4. The van der Waals surface area contributed by atoms with Crippen molar-refractivity contribution in [3.05, 3.63) is 18.2 Å². The van der Waals surface area contributed by atoms with E-state index in [9.17, 15) is 0 Å². The second-order valence-electron chi connectivity index (χ2n) is 4.32. The SMILES string of the molecule is CC(N)Oc1cnc(C(C)(C)C)nc1. The van der Waals surface area contributed by atoms with Crippen molar-refractivity contribution in [1.82, 2.24) is 9.97 Å². The topological polar surface area (TPSA) is 61.0 Å². The van der Waals surface area contributed by atoms with E-state index in [1.54, 1.807) is 19.3 Å². The minimum atomic E-state index is -0.334. The van der Waals surface area contributed by atoms with Gasteiger partial charge in [-0.1, -0.05) is 20.8 Å². The third-order valence-corrected chi connectivity index (χ3v) is 1.62. The van der Waals surface area contributed by atoms with Crippen molar-refractivity contribution in [2.45, 2.75) is 39.3 Å². The Morgan fingerprint density at radius 1 is 1.29 bits per heavy atom. The van der Waals surface area contributed by atoms with Gasteiger partial charge in [0.15, 0.2) is 5.75 Å². The lowest BCUT2D eigenvalue weighted by atomic mass is 9.96. The van der Waals surface area contributed by atoms with Crippen LogP contribution in [0.4, 0.5) is 0 Å². The molecule has 1 aromatic heterocycles. The first kappa shape index (κ1) is 10.9. The van der Waals surface area contributed by atoms with E-state index in [0.717, 1.165) is 5.82 Å². The maximum Gasteiger partial charge on any atom is 0.158 e. The molecular formula is C10H17N3O. The molecule has 0 radical (unpaired) electrons. The third kappa shape index (κ3) is 2.96. The lowest BCUT2D eigenvalue weighted by molar-refractivity contribution is 0.227. The van der Waals surface area contributed by atoms with Gasteiger partial charge in [-0.25, -0.2) is 9.97 Å². The number of hydrogen-bond donors (Lipinski definition) is 1. The van der Waals surface area contributed by atoms with Crippen molar-refractivity contribution in [3.63, 3.8) is 0 Å². The molecule has 1 unspecified atom stereocenters. The predicted molar refractivity (Wildman–Crippen MR) is 55.0 cm³/mol. The Labute approximate surface area is 84.5 Å². The highest BCUT2D eigenvalue weighted by atomic mass is 16.5. The van der Waals surface area contributed by atoms with Gasteiger partial charge in [-0.2, -0.15) is 0 Å². The minimum absolute atomic E-state index is 0.0349. The van der Waals surface area contributed by atoms with E-state index >= 15 is 0 Å². The maximum atomic E-state index is 5.47. The second-order valence-corrected chi connectivity index (χ2v) is 4.32. The fourth-order valence-corrected chi connectivity index (χ4v) is 0.979. The van der Waals surface area contributed by atoms with E-state index in [2.05, 4.69) is 30.7 Å². The molecule has 14 heavy (non-hydrogen) atoms. The number of nitrogens with zero attached hydrogens (tertiary/aromatic N) is 2. The van der Waals surface area contributed by atoms with Gasteiger partial charge in [-0.15, -0.1) is 0 Å². The summed E-state index contributed by atoms with van der Waals surface area (Å²) in [6, 6.07) is 0. The molecule has 0 saturated heterocycles. The number of nitrogens with two attached hydrogens (primary N) is 1. The van der Waals surface area contributed by atoms with E-state index in [0.29, 0.717) is 5.75 Å². The molecule has 0 fully saturated rings. The molecule has 1 atom stereocenters. The monoisotopic (exact) mass is 195 g/mol. The van der Waals surface area contributed by atoms with Crippen molar-refractivity contribution >= 4 is 0 Å². The molecule has 1 rings (SSSR count). The minimum Gasteiger partial charge on any atom is -0.473 e. The highest BCUT2D eigenvalue weighted by Gasteiger charge is 2.16. The van der Waals surface area contributed by atoms with Gasteiger partial charge in [0, 0.05) is 5.41 Å². The van der Waals surface area contributed by atoms with Crippen LogP contribution in [0, 0.1) is 0 Å². The molecule has 0 amide bonds. The number of rotatable bonds is 2. The van der Waals surface area contributed by atoms with Gasteiger partial charge in [0.25, 0.3) is 0 Å². The van der Waals surface area contributed by atoms with Crippen molar-refractivity contribution in [2.75, 3.05) is 0 Å². The van der Waals surface area contributed by atoms with Gasteiger partial charge in [0.2, 0.25) is 0 Å². The largest absolute Gasteiger partial charge is 0.473 e. The molecule has 0 aliphatic rings. The summed E-state index contributed by atoms with van der Waals surface area (Å²) in [6.45, 7) is 7.95. The number of aromatic nitrogens is 2. The average Bonchev–Trinajstić information content (AvgIpc) is 2.02. The molecular weight excluding hydrogens is 178 g/mol. The Morgan fingerprint density at radius 3 is 2.14 bits per heavy atom. The van der Waals surface area contributed by atoms with Gasteiger partial charge in [-0.3, -0.25) is 5.73 Å². The van der Waals surface area contributed by atoms with Crippen LogP contribution in [0.3, 0.4) is 0 Å². The zero-order valence-corrected chi connectivity index (χ0v) is 9.11. The summed E-state index contributed by atoms with van der Waals surface area (Å²) >= 11 is 0. The smallest absolute Gasteiger partial charge is 0.158 e. The average molecular weight is 195 g/mol. The fraction of sp³-hybridized carbons (Fsp3) is 0.600. The highest BCUT2D eigenvalue weighted by Crippen LogP contribution is 2.18. The van der Waals surface area contributed by atoms with Crippen LogP contribution < -0.4 is 10.5 Å². The summed E-state index contributed by atoms with van der Waals surface area (Å²) in [5, 5.41) is 0. The molecule has 0 spiro atoms. The predicted octanol–water partition coefficient (Wildman–Crippen LogP) is 1.46. The lowest BCUT2D eigenvalue weighted by Gasteiger charge is -2.16. The molecule has 1 heterocycles. The van der Waals surface area contributed by atoms with Gasteiger partial charge >= 0.3 is 0 Å². The van der Waals surface area contributed by atoms with Crippen LogP contribution in [0.15, 0.2) is 12.4 Å². The normalized spacial score (nSPS) is 13.8. The summed E-state index contributed by atoms with van der Waals surface area (Å²) in [7, 11) is 0. The van der Waals surface area contributed by atoms with Crippen LogP contribution in [0.25, 0.3) is 0 Å². The molecule has 0 saturated carbocycles. The van der Waals surface area contributed by atoms with Crippen molar-refractivity contribution in [3.8, 4) is 5.75 Å². The lowest BCUT2D eigenvalue weighted by Crippen LogP contribution is -2.23. The first-order chi connectivity index (χ1) is 6.39. The molecule has 4 heteroatoms. The second kappa shape index (κ2) is 3.92. The summed E-state index contributed by atoms with van der Waals surface area (Å²) in [4.78, 5) is 8.42. The molecule has 0 bridgehead atoms. The van der Waals surface area contributed by atoms with Crippen molar-refractivity contribution < 1.29 is 4.74 Å². The van der Waals surface area contributed by atoms with Crippen LogP contribution >= 0.6 is 0 Å². The summed E-state index contributed by atoms with van der Waals surface area (Å²) in [5.74, 6) is 1.41. The van der Waals surface area contributed by atoms with Crippen LogP contribution in [-0.2, 0) is 5.41 Å². The molecule has 0 aliphatic heterocycles. The Bertz CT molecular complexity index is 287. The van der Waals surface area contributed by atoms with Gasteiger partial charge in [-0.05, 0) is 6.92 Å². The van der Waals surface area contributed by atoms with Crippen LogP contribution in [-0.4, -0.2) is 16.2 Å². The Hall–Kier alpha value is -1.16. The Kier molecular flexibility index (Phi) is 3.06. The first-order valence-corrected chi connectivity index (χ1v) is 4.64. The molecule has 2 N–H and O–H groups in total. The zero-order chi connectivity index (χ0) is 10.8. The zero-order valence-electron chi connectivity index (χ0n) is 9.11. The summed E-state index contributed by atoms with van der Waals surface area (Å²) in [6.07, 6.45) is 2.97. The standard InChI is InChI=1S/C10H17N3O/c1-7(11)14-8-5-12-9(13-6-8)10(2,3)4/h5-7H,11H2,1-4H3. The van der Waals surface area contributed by atoms with Crippen molar-refractivity contribution in [2.24, 2.45) is 5.73 Å².